The lowest BCUT2D eigenvalue weighted by atomic mass is 10.1. The Balaban J connectivity index is 1.62. The number of piperidine rings is 1. The van der Waals surface area contributed by atoms with E-state index in [-0.39, 0.29) is 10.9 Å². The Kier molecular flexibility index (Phi) is 8.30. The summed E-state index contributed by atoms with van der Waals surface area (Å²) in [4.78, 5) is 16.0. The normalized spacial score (nSPS) is 17.0. The maximum atomic E-state index is 13.2. The Labute approximate surface area is 194 Å². The van der Waals surface area contributed by atoms with Crippen molar-refractivity contribution in [1.82, 2.24) is 9.21 Å². The number of amidine groups is 1. The molecule has 0 atom stereocenters. The van der Waals surface area contributed by atoms with Crippen molar-refractivity contribution in [3.05, 3.63) is 46.7 Å². The predicted octanol–water partition coefficient (Wildman–Crippen LogP) is 3.55. The third-order valence-electron chi connectivity index (χ3n) is 5.56. The first-order chi connectivity index (χ1) is 15.3. The van der Waals surface area contributed by atoms with Gasteiger partial charge in [0.25, 0.3) is 0 Å². The molecule has 1 aliphatic rings. The minimum absolute atomic E-state index is 0.00241. The highest BCUT2D eigenvalue weighted by Crippen LogP contribution is 2.25. The number of hydrogen-bond acceptors (Lipinski definition) is 5. The van der Waals surface area contributed by atoms with Gasteiger partial charge in [0.1, 0.15) is 5.84 Å². The summed E-state index contributed by atoms with van der Waals surface area (Å²) in [5.41, 5.74) is 0.670. The zero-order chi connectivity index (χ0) is 23.1. The molecule has 0 unspecified atom stereocenters. The van der Waals surface area contributed by atoms with Gasteiger partial charge in [-0.1, -0.05) is 6.07 Å². The minimum Gasteiger partial charge on any atom is -0.324 e. The molecule has 10 heteroatoms. The van der Waals surface area contributed by atoms with E-state index in [1.54, 1.807) is 56.6 Å². The van der Waals surface area contributed by atoms with Gasteiger partial charge in [-0.05, 0) is 62.2 Å². The highest BCUT2D eigenvalue weighted by Gasteiger charge is 2.30. The number of benzene rings is 1. The minimum atomic E-state index is -3.58. The summed E-state index contributed by atoms with van der Waals surface area (Å²) in [6.45, 7) is 7.97. The molecule has 8 nitrogen and oxygen atoms in total. The SMILES string of the molecule is C=NC(=NC(C)=NC)Nc1ccc(S(=O)(=O)N(C)C2CCN(Cc3cccs3)CC2)cc1. The Hall–Kier alpha value is -2.40. The van der Waals surface area contributed by atoms with Crippen molar-refractivity contribution in [3.8, 4) is 0 Å². The molecule has 3 rings (SSSR count). The number of sulfonamides is 1. The Bertz CT molecular complexity index is 1050. The number of hydrogen-bond donors (Lipinski definition) is 1. The smallest absolute Gasteiger partial charge is 0.243 e. The Morgan fingerprint density at radius 2 is 1.94 bits per heavy atom. The van der Waals surface area contributed by atoms with Gasteiger partial charge in [-0.15, -0.1) is 11.3 Å². The monoisotopic (exact) mass is 474 g/mol. The number of nitrogens with zero attached hydrogens (tertiary/aromatic N) is 5. The van der Waals surface area contributed by atoms with Gasteiger partial charge >= 0.3 is 0 Å². The molecule has 0 saturated carbocycles. The summed E-state index contributed by atoms with van der Waals surface area (Å²) >= 11 is 1.76. The average molecular weight is 475 g/mol. The third kappa shape index (κ3) is 6.10. The molecule has 1 aromatic heterocycles. The topological polar surface area (TPSA) is 89.7 Å². The number of nitrogens with one attached hydrogen (secondary N) is 1. The zero-order valence-electron chi connectivity index (χ0n) is 18.7. The zero-order valence-corrected chi connectivity index (χ0v) is 20.4. The van der Waals surface area contributed by atoms with Crippen molar-refractivity contribution in [1.29, 1.82) is 0 Å². The number of likely N-dealkylation sites (tertiary alicyclic amines) is 1. The molecule has 1 saturated heterocycles. The fourth-order valence-electron chi connectivity index (χ4n) is 3.57. The van der Waals surface area contributed by atoms with Gasteiger partial charge in [0.05, 0.1) is 4.90 Å². The lowest BCUT2D eigenvalue weighted by Crippen LogP contribution is -2.45. The number of rotatable bonds is 6. The maximum absolute atomic E-state index is 13.2. The van der Waals surface area contributed by atoms with Crippen LogP contribution in [0.1, 0.15) is 24.6 Å². The summed E-state index contributed by atoms with van der Waals surface area (Å²) in [5, 5.41) is 5.10. The molecular weight excluding hydrogens is 444 g/mol. The van der Waals surface area contributed by atoms with E-state index < -0.39 is 10.0 Å². The summed E-state index contributed by atoms with van der Waals surface area (Å²) < 4.78 is 27.9. The molecule has 0 radical (unpaired) electrons. The number of aliphatic imine (C=N–C) groups is 3. The van der Waals surface area contributed by atoms with Crippen molar-refractivity contribution >= 4 is 45.6 Å². The van der Waals surface area contributed by atoms with E-state index in [9.17, 15) is 8.42 Å². The molecule has 2 aromatic rings. The highest BCUT2D eigenvalue weighted by atomic mass is 32.2. The third-order valence-corrected chi connectivity index (χ3v) is 8.34. The number of anilines is 1. The van der Waals surface area contributed by atoms with E-state index >= 15 is 0 Å². The first-order valence-electron chi connectivity index (χ1n) is 10.4. The van der Waals surface area contributed by atoms with Crippen LogP contribution in [0.25, 0.3) is 0 Å². The second kappa shape index (κ2) is 11.0. The summed E-state index contributed by atoms with van der Waals surface area (Å²) in [6, 6.07) is 10.8. The molecular formula is C22H30N6O2S2. The first-order valence-corrected chi connectivity index (χ1v) is 12.7. The van der Waals surface area contributed by atoms with Gasteiger partial charge in [0.2, 0.25) is 16.0 Å². The van der Waals surface area contributed by atoms with E-state index in [1.807, 2.05) is 0 Å². The van der Waals surface area contributed by atoms with Crippen LogP contribution in [0.2, 0.25) is 0 Å². The molecule has 1 N–H and O–H groups in total. The van der Waals surface area contributed by atoms with Gasteiger partial charge in [0, 0.05) is 50.3 Å². The van der Waals surface area contributed by atoms with E-state index in [1.165, 1.54) is 9.18 Å². The molecule has 1 fully saturated rings. The predicted molar refractivity (Wildman–Crippen MR) is 134 cm³/mol. The second-order valence-electron chi connectivity index (χ2n) is 7.62. The summed E-state index contributed by atoms with van der Waals surface area (Å²) in [5.74, 6) is 0.859. The molecule has 1 aliphatic heterocycles. The molecule has 32 heavy (non-hydrogen) atoms. The van der Waals surface area contributed by atoms with Gasteiger partial charge in [-0.2, -0.15) is 9.30 Å². The van der Waals surface area contributed by atoms with Crippen LogP contribution in [-0.2, 0) is 16.6 Å². The standard InChI is InChI=1S/C22H30N6O2S2/c1-17(23-2)25-22(24-3)26-18-7-9-21(10-8-18)32(29,30)27(4)19-11-13-28(14-12-19)16-20-6-5-15-31-20/h5-10,15,19H,3,11-14,16H2,1-2,4H3,(H,23,25,26). The van der Waals surface area contributed by atoms with Gasteiger partial charge in [-0.3, -0.25) is 9.89 Å². The van der Waals surface area contributed by atoms with E-state index in [0.717, 1.165) is 32.5 Å². The molecule has 0 bridgehead atoms. The van der Waals surface area contributed by atoms with Crippen molar-refractivity contribution < 1.29 is 8.42 Å². The fourth-order valence-corrected chi connectivity index (χ4v) is 5.73. The van der Waals surface area contributed by atoms with Crippen LogP contribution in [-0.4, -0.2) is 69.4 Å². The summed E-state index contributed by atoms with van der Waals surface area (Å²) in [7, 11) is -0.253. The quantitative estimate of drug-likeness (QED) is 0.512. The van der Waals surface area contributed by atoms with Crippen molar-refractivity contribution in [2.24, 2.45) is 15.0 Å². The molecule has 1 aromatic carbocycles. The van der Waals surface area contributed by atoms with Crippen LogP contribution < -0.4 is 5.32 Å². The van der Waals surface area contributed by atoms with Gasteiger partial charge in [0.15, 0.2) is 0 Å². The second-order valence-corrected chi connectivity index (χ2v) is 10.7. The van der Waals surface area contributed by atoms with Crippen LogP contribution in [0, 0.1) is 0 Å². The first kappa shape index (κ1) is 24.2. The van der Waals surface area contributed by atoms with Crippen LogP contribution in [0.4, 0.5) is 5.69 Å². The van der Waals surface area contributed by atoms with E-state index in [4.69, 9.17) is 0 Å². The average Bonchev–Trinajstić information content (AvgIpc) is 3.32. The summed E-state index contributed by atoms with van der Waals surface area (Å²) in [6.07, 6.45) is 1.65. The van der Waals surface area contributed by atoms with Gasteiger partial charge < -0.3 is 5.32 Å². The van der Waals surface area contributed by atoms with E-state index in [2.05, 4.69) is 49.4 Å². The van der Waals surface area contributed by atoms with Crippen LogP contribution in [0.3, 0.4) is 0 Å². The van der Waals surface area contributed by atoms with Crippen molar-refractivity contribution in [2.75, 3.05) is 32.5 Å². The van der Waals surface area contributed by atoms with Gasteiger partial charge in [-0.25, -0.2) is 13.4 Å². The Morgan fingerprint density at radius 3 is 2.50 bits per heavy atom. The number of thiophene rings is 1. The largest absolute Gasteiger partial charge is 0.324 e. The molecule has 0 spiro atoms. The van der Waals surface area contributed by atoms with Crippen LogP contribution in [0.15, 0.2) is 61.7 Å². The van der Waals surface area contributed by atoms with Crippen molar-refractivity contribution in [3.63, 3.8) is 0 Å². The van der Waals surface area contributed by atoms with Crippen LogP contribution >= 0.6 is 11.3 Å². The lowest BCUT2D eigenvalue weighted by molar-refractivity contribution is 0.165. The van der Waals surface area contributed by atoms with Crippen LogP contribution in [0.5, 0.6) is 0 Å². The van der Waals surface area contributed by atoms with E-state index in [0.29, 0.717) is 17.5 Å². The fraction of sp³-hybridized carbons (Fsp3) is 0.409. The van der Waals surface area contributed by atoms with Crippen molar-refractivity contribution in [2.45, 2.75) is 37.2 Å². The Morgan fingerprint density at radius 1 is 1.25 bits per heavy atom. The molecule has 0 amide bonds. The molecule has 172 valence electrons. The molecule has 2 heterocycles. The maximum Gasteiger partial charge on any atom is 0.243 e. The highest BCUT2D eigenvalue weighted by molar-refractivity contribution is 7.89. The molecule has 0 aliphatic carbocycles. The number of guanidine groups is 1. The lowest BCUT2D eigenvalue weighted by Gasteiger charge is -2.36.